The molecule has 2 unspecified atom stereocenters. The van der Waals surface area contributed by atoms with Gasteiger partial charge in [-0.2, -0.15) is 0 Å². The molecule has 1 aromatic heterocycles. The van der Waals surface area contributed by atoms with Crippen LogP contribution in [-0.4, -0.2) is 23.1 Å². The molecule has 4 heteroatoms. The molecule has 1 fully saturated rings. The maximum atomic E-state index is 4.46. The van der Waals surface area contributed by atoms with Crippen LogP contribution < -0.4 is 10.6 Å². The number of nitrogens with one attached hydrogen (secondary N) is 2. The summed E-state index contributed by atoms with van der Waals surface area (Å²) in [6, 6.07) is 0. The molecule has 2 atom stereocenters. The molecule has 1 heterocycles. The second-order valence-corrected chi connectivity index (χ2v) is 6.33. The molecule has 4 nitrogen and oxygen atoms in total. The summed E-state index contributed by atoms with van der Waals surface area (Å²) in [5, 5.41) is 6.91. The van der Waals surface area contributed by atoms with Gasteiger partial charge in [-0.1, -0.05) is 27.2 Å². The Morgan fingerprint density at radius 1 is 1.20 bits per heavy atom. The van der Waals surface area contributed by atoms with Gasteiger partial charge in [0.2, 0.25) is 0 Å². The predicted octanol–water partition coefficient (Wildman–Crippen LogP) is 3.88. The normalized spacial score (nSPS) is 22.2. The minimum absolute atomic E-state index is 0.412. The first-order valence-electron chi connectivity index (χ1n) is 7.94. The van der Waals surface area contributed by atoms with Gasteiger partial charge in [-0.15, -0.1) is 0 Å². The van der Waals surface area contributed by atoms with E-state index in [9.17, 15) is 0 Å². The first-order chi connectivity index (χ1) is 9.61. The van der Waals surface area contributed by atoms with Gasteiger partial charge in [0.1, 0.15) is 18.0 Å². The molecule has 0 amide bonds. The Balaban J connectivity index is 2.08. The van der Waals surface area contributed by atoms with E-state index in [1.165, 1.54) is 24.8 Å². The molecule has 1 aliphatic rings. The fourth-order valence-electron chi connectivity index (χ4n) is 3.14. The maximum Gasteiger partial charge on any atom is 0.134 e. The van der Waals surface area contributed by atoms with Crippen molar-refractivity contribution in [2.75, 3.05) is 23.7 Å². The second kappa shape index (κ2) is 6.91. The van der Waals surface area contributed by atoms with E-state index in [-0.39, 0.29) is 0 Å². The molecule has 1 saturated carbocycles. The van der Waals surface area contributed by atoms with Crippen molar-refractivity contribution in [3.8, 4) is 0 Å². The summed E-state index contributed by atoms with van der Waals surface area (Å²) in [6.45, 7) is 10.8. The molecule has 0 saturated heterocycles. The minimum Gasteiger partial charge on any atom is -0.370 e. The molecule has 2 rings (SSSR count). The highest BCUT2D eigenvalue weighted by Gasteiger charge is 2.22. The smallest absolute Gasteiger partial charge is 0.134 e. The number of hydrogen-bond donors (Lipinski definition) is 2. The van der Waals surface area contributed by atoms with Crippen LogP contribution in [0, 0.1) is 11.8 Å². The first kappa shape index (κ1) is 15.1. The van der Waals surface area contributed by atoms with Crippen LogP contribution >= 0.6 is 0 Å². The molecular formula is C16H28N4. The average Bonchev–Trinajstić information content (AvgIpc) is 2.82. The SMILES string of the molecule is CCNc1ncnc(NCC2CCC(C)C2)c1C(C)C. The molecule has 112 valence electrons. The Hall–Kier alpha value is -1.32. The summed E-state index contributed by atoms with van der Waals surface area (Å²) < 4.78 is 0. The molecule has 1 aromatic rings. The van der Waals surface area contributed by atoms with Crippen molar-refractivity contribution in [1.29, 1.82) is 0 Å². The van der Waals surface area contributed by atoms with Crippen LogP contribution in [0.4, 0.5) is 11.6 Å². The summed E-state index contributed by atoms with van der Waals surface area (Å²) in [5.41, 5.74) is 1.21. The number of aromatic nitrogens is 2. The van der Waals surface area contributed by atoms with Gasteiger partial charge in [-0.3, -0.25) is 0 Å². The zero-order chi connectivity index (χ0) is 14.5. The van der Waals surface area contributed by atoms with Crippen LogP contribution in [0.25, 0.3) is 0 Å². The molecule has 0 aliphatic heterocycles. The molecule has 0 bridgehead atoms. The number of hydrogen-bond acceptors (Lipinski definition) is 4. The molecular weight excluding hydrogens is 248 g/mol. The van der Waals surface area contributed by atoms with E-state index in [0.717, 1.165) is 36.6 Å². The molecule has 0 aromatic carbocycles. The summed E-state index contributed by atoms with van der Waals surface area (Å²) in [7, 11) is 0. The molecule has 1 aliphatic carbocycles. The van der Waals surface area contributed by atoms with Gasteiger partial charge in [-0.25, -0.2) is 9.97 Å². The monoisotopic (exact) mass is 276 g/mol. The van der Waals surface area contributed by atoms with E-state index in [1.54, 1.807) is 6.33 Å². The molecule has 0 radical (unpaired) electrons. The van der Waals surface area contributed by atoms with Crippen LogP contribution in [0.3, 0.4) is 0 Å². The molecule has 0 spiro atoms. The van der Waals surface area contributed by atoms with Crippen LogP contribution in [0.15, 0.2) is 6.33 Å². The van der Waals surface area contributed by atoms with E-state index in [1.807, 2.05) is 0 Å². The lowest BCUT2D eigenvalue weighted by Crippen LogP contribution is -2.16. The van der Waals surface area contributed by atoms with Crippen LogP contribution in [-0.2, 0) is 0 Å². The van der Waals surface area contributed by atoms with Crippen molar-refractivity contribution < 1.29 is 0 Å². The van der Waals surface area contributed by atoms with E-state index in [4.69, 9.17) is 0 Å². The van der Waals surface area contributed by atoms with Crippen LogP contribution in [0.1, 0.15) is 58.4 Å². The van der Waals surface area contributed by atoms with E-state index in [0.29, 0.717) is 5.92 Å². The van der Waals surface area contributed by atoms with Crippen molar-refractivity contribution in [2.24, 2.45) is 11.8 Å². The fraction of sp³-hybridized carbons (Fsp3) is 0.750. The topological polar surface area (TPSA) is 49.8 Å². The van der Waals surface area contributed by atoms with E-state index in [2.05, 4.69) is 48.3 Å². The zero-order valence-electron chi connectivity index (χ0n) is 13.2. The van der Waals surface area contributed by atoms with Gasteiger partial charge >= 0.3 is 0 Å². The number of rotatable bonds is 6. The highest BCUT2D eigenvalue weighted by Crippen LogP contribution is 2.32. The van der Waals surface area contributed by atoms with Gasteiger partial charge < -0.3 is 10.6 Å². The summed E-state index contributed by atoms with van der Waals surface area (Å²) >= 11 is 0. The minimum atomic E-state index is 0.412. The van der Waals surface area contributed by atoms with Crippen LogP contribution in [0.2, 0.25) is 0 Å². The molecule has 20 heavy (non-hydrogen) atoms. The van der Waals surface area contributed by atoms with Crippen molar-refractivity contribution >= 4 is 11.6 Å². The third-order valence-corrected chi connectivity index (χ3v) is 4.17. The van der Waals surface area contributed by atoms with Crippen molar-refractivity contribution in [3.63, 3.8) is 0 Å². The number of anilines is 2. The maximum absolute atomic E-state index is 4.46. The largest absolute Gasteiger partial charge is 0.370 e. The summed E-state index contributed by atoms with van der Waals surface area (Å²) in [4.78, 5) is 8.84. The Labute approximate surface area is 122 Å². The highest BCUT2D eigenvalue weighted by atomic mass is 15.1. The van der Waals surface area contributed by atoms with Gasteiger partial charge in [-0.05, 0) is 37.5 Å². The molecule has 2 N–H and O–H groups in total. The Morgan fingerprint density at radius 3 is 2.45 bits per heavy atom. The Kier molecular flexibility index (Phi) is 5.21. The predicted molar refractivity (Wildman–Crippen MR) is 85.3 cm³/mol. The summed E-state index contributed by atoms with van der Waals surface area (Å²) in [5.74, 6) is 4.07. The third-order valence-electron chi connectivity index (χ3n) is 4.17. The summed E-state index contributed by atoms with van der Waals surface area (Å²) in [6.07, 6.45) is 5.71. The van der Waals surface area contributed by atoms with Gasteiger partial charge in [0.15, 0.2) is 0 Å². The van der Waals surface area contributed by atoms with Gasteiger partial charge in [0, 0.05) is 18.7 Å². The number of nitrogens with zero attached hydrogens (tertiary/aromatic N) is 2. The van der Waals surface area contributed by atoms with Crippen molar-refractivity contribution in [1.82, 2.24) is 9.97 Å². The highest BCUT2D eigenvalue weighted by molar-refractivity contribution is 5.58. The lowest BCUT2D eigenvalue weighted by Gasteiger charge is -2.19. The van der Waals surface area contributed by atoms with Gasteiger partial charge in [0.05, 0.1) is 0 Å². The first-order valence-corrected chi connectivity index (χ1v) is 7.94. The lowest BCUT2D eigenvalue weighted by atomic mass is 10.0. The third kappa shape index (κ3) is 3.62. The van der Waals surface area contributed by atoms with E-state index < -0.39 is 0 Å². The lowest BCUT2D eigenvalue weighted by molar-refractivity contribution is 0.536. The standard InChI is InChI=1S/C16H28N4/c1-5-17-15-14(11(2)3)16(20-10-19-15)18-9-13-7-6-12(4)8-13/h10-13H,5-9H2,1-4H3,(H2,17,18,19,20). The van der Waals surface area contributed by atoms with Crippen LogP contribution in [0.5, 0.6) is 0 Å². The van der Waals surface area contributed by atoms with Gasteiger partial charge in [0.25, 0.3) is 0 Å². The van der Waals surface area contributed by atoms with Crippen molar-refractivity contribution in [3.05, 3.63) is 11.9 Å². The van der Waals surface area contributed by atoms with Crippen molar-refractivity contribution in [2.45, 2.75) is 52.9 Å². The quantitative estimate of drug-likeness (QED) is 0.828. The second-order valence-electron chi connectivity index (χ2n) is 6.33. The average molecular weight is 276 g/mol. The fourth-order valence-corrected chi connectivity index (χ4v) is 3.14. The van der Waals surface area contributed by atoms with E-state index >= 15 is 0 Å². The Bertz CT molecular complexity index is 430. The Morgan fingerprint density at radius 2 is 1.90 bits per heavy atom. The zero-order valence-corrected chi connectivity index (χ0v) is 13.2.